The fourth-order valence-electron chi connectivity index (χ4n) is 2.55. The minimum atomic E-state index is -0.461. The van der Waals surface area contributed by atoms with Crippen LogP contribution in [0.1, 0.15) is 50.5 Å². The number of likely N-dealkylation sites (N-methyl/N-ethyl adjacent to an activating group) is 1. The highest BCUT2D eigenvalue weighted by Gasteiger charge is 2.33. The lowest BCUT2D eigenvalue weighted by atomic mass is 9.88. The third-order valence-electron chi connectivity index (χ3n) is 4.09. The predicted octanol–water partition coefficient (Wildman–Crippen LogP) is 3.46. The highest BCUT2D eigenvalue weighted by atomic mass is 16.3. The van der Waals surface area contributed by atoms with Crippen molar-refractivity contribution in [2.45, 2.75) is 53.2 Å². The molecule has 0 saturated heterocycles. The van der Waals surface area contributed by atoms with Gasteiger partial charge in [-0.1, -0.05) is 32.0 Å². The van der Waals surface area contributed by atoms with Gasteiger partial charge in [0.05, 0.1) is 6.10 Å². The Morgan fingerprint density at radius 1 is 1.11 bits per heavy atom. The van der Waals surface area contributed by atoms with Crippen LogP contribution in [-0.4, -0.2) is 28.6 Å². The molecule has 0 aliphatic heterocycles. The summed E-state index contributed by atoms with van der Waals surface area (Å²) in [6, 6.07) is 6.23. The van der Waals surface area contributed by atoms with Gasteiger partial charge in [-0.05, 0) is 57.5 Å². The van der Waals surface area contributed by atoms with E-state index in [-0.39, 0.29) is 5.54 Å². The highest BCUT2D eigenvalue weighted by Crippen LogP contribution is 2.31. The molecule has 1 atom stereocenters. The quantitative estimate of drug-likeness (QED) is 0.864. The Hall–Kier alpha value is -0.860. The first-order valence-electron chi connectivity index (χ1n) is 6.84. The van der Waals surface area contributed by atoms with Gasteiger partial charge >= 0.3 is 0 Å². The van der Waals surface area contributed by atoms with Gasteiger partial charge in [0.15, 0.2) is 0 Å². The van der Waals surface area contributed by atoms with Crippen LogP contribution in [0.25, 0.3) is 0 Å². The summed E-state index contributed by atoms with van der Waals surface area (Å²) in [6.45, 7) is 14.6. The Morgan fingerprint density at radius 2 is 1.67 bits per heavy atom. The van der Waals surface area contributed by atoms with Crippen molar-refractivity contribution in [2.24, 2.45) is 0 Å². The van der Waals surface area contributed by atoms with Crippen LogP contribution in [0.2, 0.25) is 0 Å². The van der Waals surface area contributed by atoms with Crippen LogP contribution in [-0.2, 0) is 0 Å². The van der Waals surface area contributed by atoms with Gasteiger partial charge in [0, 0.05) is 5.54 Å². The summed E-state index contributed by atoms with van der Waals surface area (Å²) in [5.74, 6) is 0. The molecule has 0 amide bonds. The summed E-state index contributed by atoms with van der Waals surface area (Å²) in [6.07, 6.45) is -0.461. The van der Waals surface area contributed by atoms with Gasteiger partial charge in [-0.2, -0.15) is 0 Å². The Kier molecular flexibility index (Phi) is 4.94. The maximum absolute atomic E-state index is 10.7. The zero-order valence-corrected chi connectivity index (χ0v) is 12.6. The molecule has 0 spiro atoms. The molecule has 2 heteroatoms. The zero-order valence-electron chi connectivity index (χ0n) is 12.6. The molecule has 1 aromatic carbocycles. The lowest BCUT2D eigenvalue weighted by Crippen LogP contribution is -2.48. The molecule has 18 heavy (non-hydrogen) atoms. The maximum Gasteiger partial charge on any atom is 0.0968 e. The number of hydrogen-bond acceptors (Lipinski definition) is 2. The minimum Gasteiger partial charge on any atom is -0.386 e. The Bertz CT molecular complexity index is 394. The van der Waals surface area contributed by atoms with E-state index < -0.39 is 6.10 Å². The number of aliphatic hydroxyl groups is 1. The van der Waals surface area contributed by atoms with Crippen LogP contribution in [0.4, 0.5) is 0 Å². The number of hydrogen-bond donors (Lipinski definition) is 1. The van der Waals surface area contributed by atoms with Crippen molar-refractivity contribution < 1.29 is 5.11 Å². The molecule has 0 radical (unpaired) electrons. The second-order valence-electron chi connectivity index (χ2n) is 5.57. The monoisotopic (exact) mass is 249 g/mol. The summed E-state index contributed by atoms with van der Waals surface area (Å²) >= 11 is 0. The summed E-state index contributed by atoms with van der Waals surface area (Å²) < 4.78 is 0. The van der Waals surface area contributed by atoms with Gasteiger partial charge in [0.1, 0.15) is 0 Å². The normalized spacial score (nSPS) is 14.0. The molecule has 0 bridgehead atoms. The van der Waals surface area contributed by atoms with E-state index in [4.69, 9.17) is 0 Å². The molecule has 1 N–H and O–H groups in total. The Balaban J connectivity index is 3.04. The number of aliphatic hydroxyl groups excluding tert-OH is 1. The van der Waals surface area contributed by atoms with E-state index in [1.165, 1.54) is 11.1 Å². The van der Waals surface area contributed by atoms with Crippen LogP contribution in [0, 0.1) is 13.8 Å². The van der Waals surface area contributed by atoms with Gasteiger partial charge in [0.25, 0.3) is 0 Å². The SMILES string of the molecule is CCN(CC)C(C)(C)C(O)c1ccc(C)c(C)c1. The van der Waals surface area contributed by atoms with Crippen LogP contribution in [0.15, 0.2) is 18.2 Å². The third-order valence-corrected chi connectivity index (χ3v) is 4.09. The number of nitrogens with zero attached hydrogens (tertiary/aromatic N) is 1. The van der Waals surface area contributed by atoms with Crippen LogP contribution >= 0.6 is 0 Å². The standard InChI is InChI=1S/C16H27NO/c1-7-17(8-2)16(5,6)15(18)14-10-9-12(3)13(4)11-14/h9-11,15,18H,7-8H2,1-6H3. The fraction of sp³-hybridized carbons (Fsp3) is 0.625. The van der Waals surface area contributed by atoms with Gasteiger partial charge in [0.2, 0.25) is 0 Å². The van der Waals surface area contributed by atoms with E-state index >= 15 is 0 Å². The molecular weight excluding hydrogens is 222 g/mol. The Labute approximate surface area is 112 Å². The molecule has 1 rings (SSSR count). The van der Waals surface area contributed by atoms with Crippen LogP contribution < -0.4 is 0 Å². The van der Waals surface area contributed by atoms with E-state index in [1.807, 2.05) is 6.07 Å². The molecule has 0 fully saturated rings. The topological polar surface area (TPSA) is 23.5 Å². The van der Waals surface area contributed by atoms with Gasteiger partial charge < -0.3 is 5.11 Å². The lowest BCUT2D eigenvalue weighted by molar-refractivity contribution is -0.00629. The van der Waals surface area contributed by atoms with Crippen LogP contribution in [0.5, 0.6) is 0 Å². The summed E-state index contributed by atoms with van der Waals surface area (Å²) in [7, 11) is 0. The van der Waals surface area contributed by atoms with Gasteiger partial charge in [-0.15, -0.1) is 0 Å². The predicted molar refractivity (Wildman–Crippen MR) is 77.9 cm³/mol. The molecule has 0 aromatic heterocycles. The molecule has 102 valence electrons. The second-order valence-corrected chi connectivity index (χ2v) is 5.57. The molecule has 0 aliphatic rings. The van der Waals surface area contributed by atoms with E-state index in [0.29, 0.717) is 0 Å². The molecule has 1 unspecified atom stereocenters. The third kappa shape index (κ3) is 2.93. The average molecular weight is 249 g/mol. The first kappa shape index (κ1) is 15.2. The zero-order chi connectivity index (χ0) is 13.9. The van der Waals surface area contributed by atoms with E-state index in [9.17, 15) is 5.11 Å². The Morgan fingerprint density at radius 3 is 2.11 bits per heavy atom. The first-order chi connectivity index (χ1) is 8.34. The molecule has 0 aliphatic carbocycles. The summed E-state index contributed by atoms with van der Waals surface area (Å²) in [4.78, 5) is 2.30. The van der Waals surface area contributed by atoms with E-state index in [1.54, 1.807) is 0 Å². The summed E-state index contributed by atoms with van der Waals surface area (Å²) in [5, 5.41) is 10.7. The van der Waals surface area contributed by atoms with Crippen molar-refractivity contribution in [1.82, 2.24) is 4.90 Å². The average Bonchev–Trinajstić information content (AvgIpc) is 2.33. The second kappa shape index (κ2) is 5.85. The van der Waals surface area contributed by atoms with Crippen molar-refractivity contribution in [3.05, 3.63) is 34.9 Å². The van der Waals surface area contributed by atoms with Gasteiger partial charge in [-0.25, -0.2) is 0 Å². The fourth-order valence-corrected chi connectivity index (χ4v) is 2.55. The van der Waals surface area contributed by atoms with Crippen LogP contribution in [0.3, 0.4) is 0 Å². The molecule has 0 saturated carbocycles. The smallest absolute Gasteiger partial charge is 0.0968 e. The van der Waals surface area contributed by atoms with Crippen molar-refractivity contribution >= 4 is 0 Å². The lowest BCUT2D eigenvalue weighted by Gasteiger charge is -2.41. The largest absolute Gasteiger partial charge is 0.386 e. The summed E-state index contributed by atoms with van der Waals surface area (Å²) in [5.41, 5.74) is 3.27. The van der Waals surface area contributed by atoms with Crippen molar-refractivity contribution in [1.29, 1.82) is 0 Å². The van der Waals surface area contributed by atoms with Gasteiger partial charge in [-0.3, -0.25) is 4.90 Å². The van der Waals surface area contributed by atoms with Crippen molar-refractivity contribution in [2.75, 3.05) is 13.1 Å². The number of aryl methyl sites for hydroxylation is 2. The minimum absolute atomic E-state index is 0.245. The number of rotatable bonds is 5. The molecule has 1 aromatic rings. The molecule has 0 heterocycles. The maximum atomic E-state index is 10.7. The van der Waals surface area contributed by atoms with E-state index in [2.05, 4.69) is 58.6 Å². The molecule has 2 nitrogen and oxygen atoms in total. The van der Waals surface area contributed by atoms with Crippen molar-refractivity contribution in [3.63, 3.8) is 0 Å². The molecular formula is C16H27NO. The highest BCUT2D eigenvalue weighted by molar-refractivity contribution is 5.32. The first-order valence-corrected chi connectivity index (χ1v) is 6.84. The van der Waals surface area contributed by atoms with Crippen molar-refractivity contribution in [3.8, 4) is 0 Å². The number of benzene rings is 1. The van der Waals surface area contributed by atoms with E-state index in [0.717, 1.165) is 18.7 Å².